The minimum atomic E-state index is -0.190. The van der Waals surface area contributed by atoms with Crippen molar-refractivity contribution in [1.82, 2.24) is 10.3 Å². The number of hydrogen-bond acceptors (Lipinski definition) is 3. The van der Waals surface area contributed by atoms with Gasteiger partial charge in [-0.15, -0.1) is 0 Å². The summed E-state index contributed by atoms with van der Waals surface area (Å²) in [6.07, 6.45) is 7.65. The van der Waals surface area contributed by atoms with E-state index >= 15 is 0 Å². The first kappa shape index (κ1) is 10.7. The van der Waals surface area contributed by atoms with Gasteiger partial charge in [-0.2, -0.15) is 0 Å². The van der Waals surface area contributed by atoms with Crippen LogP contribution in [0, 0.1) is 0 Å². The highest BCUT2D eigenvalue weighted by Crippen LogP contribution is 2.18. The van der Waals surface area contributed by atoms with Gasteiger partial charge in [0.25, 0.3) is 0 Å². The number of nitrogens with one attached hydrogen (secondary N) is 2. The third kappa shape index (κ3) is 2.62. The highest BCUT2D eigenvalue weighted by Gasteiger charge is 2.17. The summed E-state index contributed by atoms with van der Waals surface area (Å²) in [4.78, 5) is 15.5. The fourth-order valence-electron chi connectivity index (χ4n) is 1.93. The van der Waals surface area contributed by atoms with Gasteiger partial charge in [-0.05, 0) is 18.9 Å². The quantitative estimate of drug-likeness (QED) is 0.710. The first-order chi connectivity index (χ1) is 7.75. The predicted molar refractivity (Wildman–Crippen MR) is 63.1 cm³/mol. The van der Waals surface area contributed by atoms with Crippen LogP contribution in [-0.2, 0) is 0 Å². The van der Waals surface area contributed by atoms with Crippen LogP contribution in [0.5, 0.6) is 0 Å². The lowest BCUT2D eigenvalue weighted by atomic mass is 10.2. The number of aromatic nitrogens is 1. The number of carbonyl (C=O) groups is 1. The summed E-state index contributed by atoms with van der Waals surface area (Å²) in [7, 11) is 0. The minimum absolute atomic E-state index is 0.190. The summed E-state index contributed by atoms with van der Waals surface area (Å²) in [5.74, 6) is 0. The maximum atomic E-state index is 11.6. The lowest BCUT2D eigenvalue weighted by molar-refractivity contribution is 0.248. The molecule has 1 saturated carbocycles. The number of hydrogen-bond donors (Lipinski definition) is 3. The zero-order valence-electron chi connectivity index (χ0n) is 9.07. The molecule has 0 aromatic carbocycles. The van der Waals surface area contributed by atoms with E-state index in [1.165, 1.54) is 19.0 Å². The zero-order valence-corrected chi connectivity index (χ0v) is 9.07. The number of urea groups is 1. The maximum absolute atomic E-state index is 11.6. The minimum Gasteiger partial charge on any atom is -0.396 e. The molecule has 5 heteroatoms. The van der Waals surface area contributed by atoms with Crippen molar-refractivity contribution in [2.24, 2.45) is 0 Å². The Morgan fingerprint density at radius 1 is 1.44 bits per heavy atom. The number of anilines is 2. The monoisotopic (exact) mass is 220 g/mol. The number of rotatable bonds is 2. The van der Waals surface area contributed by atoms with Crippen molar-refractivity contribution in [3.8, 4) is 0 Å². The molecule has 1 aliphatic carbocycles. The molecule has 1 fully saturated rings. The summed E-state index contributed by atoms with van der Waals surface area (Å²) in [6.45, 7) is 0. The van der Waals surface area contributed by atoms with Crippen molar-refractivity contribution < 1.29 is 4.79 Å². The van der Waals surface area contributed by atoms with Crippen LogP contribution < -0.4 is 16.4 Å². The fraction of sp³-hybridized carbons (Fsp3) is 0.455. The number of nitrogens with two attached hydrogens (primary N) is 1. The summed E-state index contributed by atoms with van der Waals surface area (Å²) in [5.41, 5.74) is 6.75. The molecule has 1 aromatic heterocycles. The molecule has 0 saturated heterocycles. The summed E-state index contributed by atoms with van der Waals surface area (Å²) in [5, 5.41) is 5.65. The molecule has 0 radical (unpaired) electrons. The van der Waals surface area contributed by atoms with Gasteiger partial charge in [0.1, 0.15) is 0 Å². The second kappa shape index (κ2) is 4.83. The molecule has 4 N–H and O–H groups in total. The first-order valence-corrected chi connectivity index (χ1v) is 5.53. The smallest absolute Gasteiger partial charge is 0.319 e. The van der Waals surface area contributed by atoms with Crippen LogP contribution in [0.4, 0.5) is 16.2 Å². The van der Waals surface area contributed by atoms with Gasteiger partial charge >= 0.3 is 6.03 Å². The Morgan fingerprint density at radius 3 is 2.88 bits per heavy atom. The zero-order chi connectivity index (χ0) is 11.4. The Hall–Kier alpha value is -1.78. The van der Waals surface area contributed by atoms with Gasteiger partial charge in [-0.3, -0.25) is 4.98 Å². The molecule has 16 heavy (non-hydrogen) atoms. The van der Waals surface area contributed by atoms with Crippen LogP contribution in [0.2, 0.25) is 0 Å². The number of amides is 2. The Kier molecular flexibility index (Phi) is 3.24. The molecule has 1 aliphatic rings. The molecular weight excluding hydrogens is 204 g/mol. The molecule has 0 unspecified atom stereocenters. The SMILES string of the molecule is Nc1cnccc1NC(=O)NC1CCCC1. The molecule has 0 aliphatic heterocycles. The van der Waals surface area contributed by atoms with Gasteiger partial charge in [0.2, 0.25) is 0 Å². The topological polar surface area (TPSA) is 80.0 Å². The molecule has 5 nitrogen and oxygen atoms in total. The van der Waals surface area contributed by atoms with Crippen LogP contribution in [0.25, 0.3) is 0 Å². The molecule has 1 aromatic rings. The highest BCUT2D eigenvalue weighted by atomic mass is 16.2. The van der Waals surface area contributed by atoms with Crippen molar-refractivity contribution >= 4 is 17.4 Å². The fourth-order valence-corrected chi connectivity index (χ4v) is 1.93. The Bertz CT molecular complexity index is 374. The standard InChI is InChI=1S/C11H16N4O/c12-9-7-13-6-5-10(9)15-11(16)14-8-3-1-2-4-8/h5-8H,1-4,12H2,(H2,13,14,15,16). The number of carbonyl (C=O) groups excluding carboxylic acids is 1. The van der Waals surface area contributed by atoms with Crippen molar-refractivity contribution in [2.45, 2.75) is 31.7 Å². The van der Waals surface area contributed by atoms with Crippen molar-refractivity contribution in [2.75, 3.05) is 11.1 Å². The number of pyridine rings is 1. The Balaban J connectivity index is 1.89. The third-order valence-corrected chi connectivity index (χ3v) is 2.79. The molecule has 2 amide bonds. The van der Waals surface area contributed by atoms with Crippen molar-refractivity contribution in [1.29, 1.82) is 0 Å². The van der Waals surface area contributed by atoms with E-state index in [9.17, 15) is 4.79 Å². The Labute approximate surface area is 94.4 Å². The highest BCUT2D eigenvalue weighted by molar-refractivity contribution is 5.92. The summed E-state index contributed by atoms with van der Waals surface area (Å²) >= 11 is 0. The van der Waals surface area contributed by atoms with Gasteiger partial charge < -0.3 is 16.4 Å². The second-order valence-corrected chi connectivity index (χ2v) is 4.04. The molecule has 1 heterocycles. The van der Waals surface area contributed by atoms with Crippen LogP contribution in [-0.4, -0.2) is 17.1 Å². The van der Waals surface area contributed by atoms with E-state index in [0.717, 1.165) is 12.8 Å². The van der Waals surface area contributed by atoms with Crippen LogP contribution in [0.1, 0.15) is 25.7 Å². The second-order valence-electron chi connectivity index (χ2n) is 4.04. The third-order valence-electron chi connectivity index (χ3n) is 2.79. The van der Waals surface area contributed by atoms with Gasteiger partial charge in [0.15, 0.2) is 0 Å². The van der Waals surface area contributed by atoms with E-state index < -0.39 is 0 Å². The summed E-state index contributed by atoms with van der Waals surface area (Å²) in [6, 6.07) is 1.80. The van der Waals surface area contributed by atoms with E-state index in [-0.39, 0.29) is 6.03 Å². The van der Waals surface area contributed by atoms with E-state index in [1.807, 2.05) is 0 Å². The molecule has 2 rings (SSSR count). The van der Waals surface area contributed by atoms with Gasteiger partial charge in [0, 0.05) is 12.2 Å². The van der Waals surface area contributed by atoms with Crippen LogP contribution in [0.15, 0.2) is 18.5 Å². The molecular formula is C11H16N4O. The normalized spacial score (nSPS) is 16.0. The van der Waals surface area contributed by atoms with Gasteiger partial charge in [-0.1, -0.05) is 12.8 Å². The molecule has 0 bridgehead atoms. The Morgan fingerprint density at radius 2 is 2.19 bits per heavy atom. The van der Waals surface area contributed by atoms with Crippen molar-refractivity contribution in [3.63, 3.8) is 0 Å². The lowest BCUT2D eigenvalue weighted by Gasteiger charge is -2.13. The van der Waals surface area contributed by atoms with Crippen LogP contribution >= 0.6 is 0 Å². The van der Waals surface area contributed by atoms with Crippen molar-refractivity contribution in [3.05, 3.63) is 18.5 Å². The maximum Gasteiger partial charge on any atom is 0.319 e. The van der Waals surface area contributed by atoms with Gasteiger partial charge in [-0.25, -0.2) is 4.79 Å². The molecule has 86 valence electrons. The average Bonchev–Trinajstić information content (AvgIpc) is 2.74. The average molecular weight is 220 g/mol. The van der Waals surface area contributed by atoms with E-state index in [4.69, 9.17) is 5.73 Å². The predicted octanol–water partition coefficient (Wildman–Crippen LogP) is 1.73. The van der Waals surface area contributed by atoms with E-state index in [1.54, 1.807) is 12.3 Å². The lowest BCUT2D eigenvalue weighted by Crippen LogP contribution is -2.36. The number of nitrogen functional groups attached to an aromatic ring is 1. The largest absolute Gasteiger partial charge is 0.396 e. The van der Waals surface area contributed by atoms with E-state index in [0.29, 0.717) is 17.4 Å². The number of nitrogens with zero attached hydrogens (tertiary/aromatic N) is 1. The van der Waals surface area contributed by atoms with E-state index in [2.05, 4.69) is 15.6 Å². The molecule has 0 spiro atoms. The first-order valence-electron chi connectivity index (χ1n) is 5.53. The van der Waals surface area contributed by atoms with Gasteiger partial charge in [0.05, 0.1) is 17.6 Å². The summed E-state index contributed by atoms with van der Waals surface area (Å²) < 4.78 is 0. The van der Waals surface area contributed by atoms with Crippen LogP contribution in [0.3, 0.4) is 0 Å². The molecule has 0 atom stereocenters.